The number of pyridine rings is 2. The van der Waals surface area contributed by atoms with Gasteiger partial charge in [-0.25, -0.2) is 19.3 Å². The molecular formula is C21H15FN6. The van der Waals surface area contributed by atoms with E-state index in [0.29, 0.717) is 18.3 Å². The Morgan fingerprint density at radius 3 is 2.82 bits per heavy atom. The summed E-state index contributed by atoms with van der Waals surface area (Å²) in [5.41, 5.74) is 5.18. The molecule has 0 fully saturated rings. The maximum atomic E-state index is 13.4. The molecule has 3 aromatic heterocycles. The molecule has 136 valence electrons. The lowest BCUT2D eigenvalue weighted by Crippen LogP contribution is -2.05. The molecule has 7 heteroatoms. The third kappa shape index (κ3) is 2.92. The lowest BCUT2D eigenvalue weighted by Gasteiger charge is -2.11. The van der Waals surface area contributed by atoms with Crippen molar-refractivity contribution in [2.24, 2.45) is 0 Å². The number of fused-ring (bicyclic) bond motifs is 5. The average molecular weight is 370 g/mol. The smallest absolute Gasteiger partial charge is 0.223 e. The van der Waals surface area contributed by atoms with E-state index in [1.165, 1.54) is 12.1 Å². The maximum absolute atomic E-state index is 13.4. The highest BCUT2D eigenvalue weighted by Gasteiger charge is 2.21. The summed E-state index contributed by atoms with van der Waals surface area (Å²) in [6.45, 7) is 0.426. The van der Waals surface area contributed by atoms with Crippen LogP contribution >= 0.6 is 0 Å². The molecule has 1 aliphatic rings. The highest BCUT2D eigenvalue weighted by Crippen LogP contribution is 2.41. The van der Waals surface area contributed by atoms with Crippen molar-refractivity contribution in [2.75, 3.05) is 10.6 Å². The predicted molar refractivity (Wildman–Crippen MR) is 106 cm³/mol. The van der Waals surface area contributed by atoms with Gasteiger partial charge in [0, 0.05) is 41.8 Å². The highest BCUT2D eigenvalue weighted by molar-refractivity contribution is 5.95. The van der Waals surface area contributed by atoms with Crippen LogP contribution in [0.25, 0.3) is 22.4 Å². The monoisotopic (exact) mass is 370 g/mol. The van der Waals surface area contributed by atoms with E-state index in [9.17, 15) is 4.39 Å². The van der Waals surface area contributed by atoms with Crippen LogP contribution in [0.4, 0.5) is 21.8 Å². The second-order valence-electron chi connectivity index (χ2n) is 6.39. The van der Waals surface area contributed by atoms with Gasteiger partial charge in [-0.15, -0.1) is 0 Å². The van der Waals surface area contributed by atoms with Crippen molar-refractivity contribution in [1.29, 1.82) is 0 Å². The molecule has 28 heavy (non-hydrogen) atoms. The molecule has 0 radical (unpaired) electrons. The van der Waals surface area contributed by atoms with Crippen molar-refractivity contribution >= 4 is 17.5 Å². The van der Waals surface area contributed by atoms with Gasteiger partial charge in [0.25, 0.3) is 0 Å². The molecule has 6 nitrogen and oxygen atoms in total. The summed E-state index contributed by atoms with van der Waals surface area (Å²) >= 11 is 0. The van der Waals surface area contributed by atoms with Crippen LogP contribution in [0.1, 0.15) is 5.56 Å². The van der Waals surface area contributed by atoms with Crippen molar-refractivity contribution in [3.05, 3.63) is 78.6 Å². The van der Waals surface area contributed by atoms with Gasteiger partial charge in [-0.2, -0.15) is 0 Å². The van der Waals surface area contributed by atoms with E-state index in [1.807, 2.05) is 24.3 Å². The van der Waals surface area contributed by atoms with Crippen LogP contribution in [0.3, 0.4) is 0 Å². The molecule has 0 spiro atoms. The van der Waals surface area contributed by atoms with Crippen LogP contribution in [-0.4, -0.2) is 19.9 Å². The number of hydrogen-bond acceptors (Lipinski definition) is 6. The van der Waals surface area contributed by atoms with Gasteiger partial charge in [0.2, 0.25) is 5.95 Å². The molecule has 0 saturated heterocycles. The second-order valence-corrected chi connectivity index (χ2v) is 6.39. The summed E-state index contributed by atoms with van der Waals surface area (Å²) in [5.74, 6) is 0.916. The maximum Gasteiger partial charge on any atom is 0.223 e. The minimum atomic E-state index is -0.265. The number of nitrogens with zero attached hydrogens (tertiary/aromatic N) is 4. The lowest BCUT2D eigenvalue weighted by atomic mass is 10.0. The Kier molecular flexibility index (Phi) is 3.90. The first-order valence-electron chi connectivity index (χ1n) is 8.80. The van der Waals surface area contributed by atoms with Gasteiger partial charge in [0.15, 0.2) is 0 Å². The van der Waals surface area contributed by atoms with Gasteiger partial charge < -0.3 is 10.6 Å². The van der Waals surface area contributed by atoms with E-state index in [2.05, 4.69) is 25.6 Å². The second kappa shape index (κ2) is 6.70. The molecule has 4 heterocycles. The summed E-state index contributed by atoms with van der Waals surface area (Å²) in [7, 11) is 0. The zero-order valence-corrected chi connectivity index (χ0v) is 14.7. The first kappa shape index (κ1) is 16.3. The number of anilines is 3. The van der Waals surface area contributed by atoms with E-state index < -0.39 is 0 Å². The average Bonchev–Trinajstić information content (AvgIpc) is 2.87. The minimum Gasteiger partial charge on any atom is -0.350 e. The zero-order valence-electron chi connectivity index (χ0n) is 14.7. The number of benzene rings is 1. The Balaban J connectivity index is 1.57. The van der Waals surface area contributed by atoms with Gasteiger partial charge in [0.05, 0.1) is 17.6 Å². The Hall–Kier alpha value is -3.87. The molecule has 4 aromatic rings. The summed E-state index contributed by atoms with van der Waals surface area (Å²) in [6, 6.07) is 12.2. The number of hydrogen-bond donors (Lipinski definition) is 2. The van der Waals surface area contributed by atoms with Crippen LogP contribution in [0.2, 0.25) is 0 Å². The van der Waals surface area contributed by atoms with E-state index in [0.717, 1.165) is 33.6 Å². The summed E-state index contributed by atoms with van der Waals surface area (Å²) in [6.07, 6.45) is 7.03. The number of nitrogens with one attached hydrogen (secondary N) is 2. The fourth-order valence-electron chi connectivity index (χ4n) is 3.25. The molecule has 5 rings (SSSR count). The van der Waals surface area contributed by atoms with Crippen molar-refractivity contribution in [2.45, 2.75) is 6.54 Å². The van der Waals surface area contributed by atoms with Gasteiger partial charge >= 0.3 is 0 Å². The van der Waals surface area contributed by atoms with Crippen LogP contribution in [-0.2, 0) is 6.54 Å². The topological polar surface area (TPSA) is 75.6 Å². The summed E-state index contributed by atoms with van der Waals surface area (Å²) in [5, 5.41) is 6.50. The van der Waals surface area contributed by atoms with E-state index in [4.69, 9.17) is 4.98 Å². The molecule has 0 saturated carbocycles. The number of aromatic nitrogens is 4. The van der Waals surface area contributed by atoms with Gasteiger partial charge in [-0.1, -0.05) is 12.1 Å². The quantitative estimate of drug-likeness (QED) is 0.490. The predicted octanol–water partition coefficient (Wildman–Crippen LogP) is 4.41. The van der Waals surface area contributed by atoms with E-state index in [-0.39, 0.29) is 5.82 Å². The summed E-state index contributed by atoms with van der Waals surface area (Å²) in [4.78, 5) is 17.8. The Bertz CT molecular complexity index is 1180. The van der Waals surface area contributed by atoms with Crippen LogP contribution < -0.4 is 10.6 Å². The third-order valence-corrected chi connectivity index (χ3v) is 4.56. The normalized spacial score (nSPS) is 11.5. The fourth-order valence-corrected chi connectivity index (χ4v) is 3.25. The molecule has 0 atom stereocenters. The van der Waals surface area contributed by atoms with Crippen molar-refractivity contribution in [3.63, 3.8) is 0 Å². The molecule has 2 N–H and O–H groups in total. The zero-order chi connectivity index (χ0) is 18.9. The van der Waals surface area contributed by atoms with Crippen LogP contribution in [0, 0.1) is 5.82 Å². The lowest BCUT2D eigenvalue weighted by molar-refractivity contribution is 0.626. The third-order valence-electron chi connectivity index (χ3n) is 4.56. The van der Waals surface area contributed by atoms with E-state index in [1.54, 1.807) is 30.9 Å². The fraction of sp³-hybridized carbons (Fsp3) is 0.0476. The Labute approximate surface area is 160 Å². The molecule has 0 aliphatic carbocycles. The van der Waals surface area contributed by atoms with Crippen molar-refractivity contribution < 1.29 is 4.39 Å². The van der Waals surface area contributed by atoms with Gasteiger partial charge in [0.1, 0.15) is 11.6 Å². The molecule has 0 amide bonds. The van der Waals surface area contributed by atoms with Crippen LogP contribution in [0.5, 0.6) is 0 Å². The Morgan fingerprint density at radius 1 is 0.929 bits per heavy atom. The first-order chi connectivity index (χ1) is 13.8. The van der Waals surface area contributed by atoms with Crippen LogP contribution in [0.15, 0.2) is 67.3 Å². The molecule has 0 unspecified atom stereocenters. The Morgan fingerprint density at radius 2 is 1.89 bits per heavy atom. The number of halogens is 1. The van der Waals surface area contributed by atoms with Crippen molar-refractivity contribution in [3.8, 4) is 22.4 Å². The summed E-state index contributed by atoms with van der Waals surface area (Å²) < 4.78 is 13.4. The standard InChI is InChI=1S/C21H15FN6/c22-14-4-1-3-13(9-14)10-25-21-26-11-17-15-6-8-23-12-18(15)27-20-16(19(17)28-21)5-2-7-24-20/h1-9,11-12H,10H2,(H,24,27)(H,25,26,28). The highest BCUT2D eigenvalue weighted by atomic mass is 19.1. The minimum absolute atomic E-state index is 0.265. The molecular weight excluding hydrogens is 355 g/mol. The van der Waals surface area contributed by atoms with Crippen molar-refractivity contribution in [1.82, 2.24) is 19.9 Å². The van der Waals surface area contributed by atoms with Gasteiger partial charge in [-0.3, -0.25) is 4.98 Å². The number of rotatable bonds is 3. The van der Waals surface area contributed by atoms with Gasteiger partial charge in [-0.05, 0) is 35.9 Å². The largest absolute Gasteiger partial charge is 0.350 e. The molecule has 0 bridgehead atoms. The first-order valence-corrected chi connectivity index (χ1v) is 8.80. The molecule has 1 aromatic carbocycles. The van der Waals surface area contributed by atoms with E-state index >= 15 is 0 Å². The SMILES string of the molecule is Fc1cccc(CNc2ncc3c(n2)-c2cccnc2Nc2cnccc2-3)c1. The molecule has 1 aliphatic heterocycles.